The standard InChI is InChI=1S/C26H26N6O2/c1-18-7-8-21(19(2)16-18)22-23(25(34)32(24(22)33)17-20-6-3-4-9-27-20)30-12-14-31(15-13-30)26-28-10-5-11-29-26/h3-11,16H,12-15,17H2,1-2H3. The number of nitrogens with zero attached hydrogens (tertiary/aromatic N) is 6. The molecular formula is C26H26N6O2. The average Bonchev–Trinajstić information content (AvgIpc) is 3.10. The van der Waals surface area contributed by atoms with Crippen LogP contribution in [0.1, 0.15) is 22.4 Å². The molecule has 3 aromatic rings. The summed E-state index contributed by atoms with van der Waals surface area (Å²) in [6.07, 6.45) is 5.12. The molecule has 2 aliphatic rings. The lowest BCUT2D eigenvalue weighted by Gasteiger charge is -2.36. The number of carbonyl (C=O) groups is 2. The summed E-state index contributed by atoms with van der Waals surface area (Å²) in [6.45, 7) is 6.67. The van der Waals surface area contributed by atoms with Gasteiger partial charge >= 0.3 is 0 Å². The van der Waals surface area contributed by atoms with E-state index in [1.54, 1.807) is 24.7 Å². The van der Waals surface area contributed by atoms with Crippen LogP contribution in [0.4, 0.5) is 5.95 Å². The number of anilines is 1. The molecule has 172 valence electrons. The quantitative estimate of drug-likeness (QED) is 0.548. The van der Waals surface area contributed by atoms with Crippen molar-refractivity contribution in [2.24, 2.45) is 0 Å². The normalized spacial score (nSPS) is 16.6. The van der Waals surface area contributed by atoms with Crippen LogP contribution in [0.15, 0.2) is 66.8 Å². The Kier molecular flexibility index (Phi) is 5.79. The van der Waals surface area contributed by atoms with E-state index in [1.165, 1.54) is 4.90 Å². The first-order valence-electron chi connectivity index (χ1n) is 11.4. The fourth-order valence-corrected chi connectivity index (χ4v) is 4.58. The summed E-state index contributed by atoms with van der Waals surface area (Å²) in [6, 6.07) is 13.3. The van der Waals surface area contributed by atoms with Gasteiger partial charge in [-0.15, -0.1) is 0 Å². The fourth-order valence-electron chi connectivity index (χ4n) is 4.58. The van der Waals surface area contributed by atoms with Crippen molar-refractivity contribution in [3.63, 3.8) is 0 Å². The Hall–Kier alpha value is -4.07. The minimum atomic E-state index is -0.272. The molecule has 1 saturated heterocycles. The second-order valence-corrected chi connectivity index (χ2v) is 8.58. The molecule has 0 unspecified atom stereocenters. The Morgan fingerprint density at radius 3 is 2.18 bits per heavy atom. The number of imide groups is 1. The van der Waals surface area contributed by atoms with E-state index >= 15 is 0 Å². The molecule has 2 amide bonds. The molecule has 8 heteroatoms. The van der Waals surface area contributed by atoms with E-state index in [1.807, 2.05) is 55.1 Å². The van der Waals surface area contributed by atoms with E-state index in [2.05, 4.69) is 19.9 Å². The summed E-state index contributed by atoms with van der Waals surface area (Å²) in [5.74, 6) is 0.137. The lowest BCUT2D eigenvalue weighted by Crippen LogP contribution is -2.48. The highest BCUT2D eigenvalue weighted by Gasteiger charge is 2.42. The third-order valence-corrected chi connectivity index (χ3v) is 6.27. The molecule has 1 aromatic carbocycles. The van der Waals surface area contributed by atoms with Gasteiger partial charge in [-0.2, -0.15) is 0 Å². The molecule has 1 fully saturated rings. The van der Waals surface area contributed by atoms with Crippen LogP contribution in [-0.4, -0.2) is 62.7 Å². The van der Waals surface area contributed by atoms with Crippen molar-refractivity contribution >= 4 is 23.3 Å². The van der Waals surface area contributed by atoms with Crippen LogP contribution in [0.3, 0.4) is 0 Å². The van der Waals surface area contributed by atoms with Crippen molar-refractivity contribution < 1.29 is 9.59 Å². The lowest BCUT2D eigenvalue weighted by molar-refractivity contribution is -0.138. The van der Waals surface area contributed by atoms with E-state index < -0.39 is 0 Å². The number of aryl methyl sites for hydroxylation is 2. The molecule has 2 aromatic heterocycles. The van der Waals surface area contributed by atoms with Crippen molar-refractivity contribution in [2.45, 2.75) is 20.4 Å². The Morgan fingerprint density at radius 2 is 1.50 bits per heavy atom. The number of amides is 2. The van der Waals surface area contributed by atoms with Crippen molar-refractivity contribution in [3.05, 3.63) is 89.1 Å². The van der Waals surface area contributed by atoms with Crippen molar-refractivity contribution in [1.82, 2.24) is 24.8 Å². The summed E-state index contributed by atoms with van der Waals surface area (Å²) in [5.41, 5.74) is 4.52. The lowest BCUT2D eigenvalue weighted by atomic mass is 9.97. The predicted molar refractivity (Wildman–Crippen MR) is 128 cm³/mol. The maximum atomic E-state index is 13.7. The van der Waals surface area contributed by atoms with E-state index in [-0.39, 0.29) is 18.4 Å². The van der Waals surface area contributed by atoms with Crippen LogP contribution in [0.5, 0.6) is 0 Å². The van der Waals surface area contributed by atoms with Gasteiger partial charge in [0.25, 0.3) is 11.8 Å². The molecule has 0 bridgehead atoms. The highest BCUT2D eigenvalue weighted by molar-refractivity contribution is 6.35. The van der Waals surface area contributed by atoms with Gasteiger partial charge in [0.15, 0.2) is 0 Å². The molecule has 0 N–H and O–H groups in total. The van der Waals surface area contributed by atoms with Crippen molar-refractivity contribution in [2.75, 3.05) is 31.1 Å². The van der Waals surface area contributed by atoms with Gasteiger partial charge in [0, 0.05) is 44.8 Å². The molecule has 0 spiro atoms. The second kappa shape index (κ2) is 9.05. The molecule has 5 rings (SSSR count). The van der Waals surface area contributed by atoms with Crippen LogP contribution < -0.4 is 4.90 Å². The van der Waals surface area contributed by atoms with Crippen LogP contribution in [-0.2, 0) is 16.1 Å². The topological polar surface area (TPSA) is 82.5 Å². The Morgan fingerprint density at radius 1 is 0.794 bits per heavy atom. The maximum absolute atomic E-state index is 13.7. The monoisotopic (exact) mass is 454 g/mol. The Balaban J connectivity index is 1.48. The first-order chi connectivity index (χ1) is 16.5. The second-order valence-electron chi connectivity index (χ2n) is 8.58. The fraction of sp³-hybridized carbons (Fsp3) is 0.269. The molecule has 4 heterocycles. The number of benzene rings is 1. The number of hydrogen-bond acceptors (Lipinski definition) is 7. The third-order valence-electron chi connectivity index (χ3n) is 6.27. The van der Waals surface area contributed by atoms with Crippen LogP contribution >= 0.6 is 0 Å². The van der Waals surface area contributed by atoms with E-state index in [0.29, 0.717) is 49.1 Å². The number of pyridine rings is 1. The number of piperazine rings is 1. The predicted octanol–water partition coefficient (Wildman–Crippen LogP) is 2.59. The molecular weight excluding hydrogens is 428 g/mol. The number of aromatic nitrogens is 3. The summed E-state index contributed by atoms with van der Waals surface area (Å²) < 4.78 is 0. The molecule has 8 nitrogen and oxygen atoms in total. The number of rotatable bonds is 5. The summed E-state index contributed by atoms with van der Waals surface area (Å²) >= 11 is 0. The van der Waals surface area contributed by atoms with Gasteiger partial charge in [-0.25, -0.2) is 9.97 Å². The minimum Gasteiger partial charge on any atom is -0.363 e. The smallest absolute Gasteiger partial charge is 0.278 e. The van der Waals surface area contributed by atoms with Crippen LogP contribution in [0.25, 0.3) is 5.57 Å². The molecule has 0 atom stereocenters. The van der Waals surface area contributed by atoms with Gasteiger partial charge in [-0.05, 0) is 43.2 Å². The average molecular weight is 455 g/mol. The molecule has 34 heavy (non-hydrogen) atoms. The van der Waals surface area contributed by atoms with Gasteiger partial charge in [-0.1, -0.05) is 29.8 Å². The van der Waals surface area contributed by atoms with Gasteiger partial charge in [0.2, 0.25) is 5.95 Å². The highest BCUT2D eigenvalue weighted by Crippen LogP contribution is 2.35. The SMILES string of the molecule is Cc1ccc(C2=C(N3CCN(c4ncccn4)CC3)C(=O)N(Cc3ccccn3)C2=O)c(C)c1. The van der Waals surface area contributed by atoms with Crippen molar-refractivity contribution in [1.29, 1.82) is 0 Å². The number of hydrogen-bond donors (Lipinski definition) is 0. The van der Waals surface area contributed by atoms with E-state index in [0.717, 1.165) is 16.7 Å². The molecule has 0 radical (unpaired) electrons. The number of carbonyl (C=O) groups excluding carboxylic acids is 2. The molecule has 0 saturated carbocycles. The minimum absolute atomic E-state index is 0.147. The maximum Gasteiger partial charge on any atom is 0.278 e. The van der Waals surface area contributed by atoms with E-state index in [4.69, 9.17) is 0 Å². The van der Waals surface area contributed by atoms with E-state index in [9.17, 15) is 9.59 Å². The Bertz CT molecular complexity index is 1250. The zero-order valence-electron chi connectivity index (χ0n) is 19.3. The van der Waals surface area contributed by atoms with Gasteiger partial charge in [-0.3, -0.25) is 19.5 Å². The third kappa shape index (κ3) is 4.03. The van der Waals surface area contributed by atoms with Crippen LogP contribution in [0.2, 0.25) is 0 Å². The highest BCUT2D eigenvalue weighted by atomic mass is 16.2. The molecule has 2 aliphatic heterocycles. The molecule has 0 aliphatic carbocycles. The largest absolute Gasteiger partial charge is 0.363 e. The first-order valence-corrected chi connectivity index (χ1v) is 11.4. The van der Waals surface area contributed by atoms with Gasteiger partial charge in [0.05, 0.1) is 17.8 Å². The zero-order valence-corrected chi connectivity index (χ0v) is 19.3. The van der Waals surface area contributed by atoms with Gasteiger partial charge in [0.1, 0.15) is 5.70 Å². The zero-order chi connectivity index (χ0) is 23.7. The van der Waals surface area contributed by atoms with Crippen LogP contribution in [0, 0.1) is 13.8 Å². The van der Waals surface area contributed by atoms with Crippen molar-refractivity contribution in [3.8, 4) is 0 Å². The first kappa shape index (κ1) is 21.8. The van der Waals surface area contributed by atoms with Gasteiger partial charge < -0.3 is 9.80 Å². The summed E-state index contributed by atoms with van der Waals surface area (Å²) in [7, 11) is 0. The Labute approximate surface area is 198 Å². The summed E-state index contributed by atoms with van der Waals surface area (Å²) in [4.78, 5) is 45.8. The summed E-state index contributed by atoms with van der Waals surface area (Å²) in [5, 5.41) is 0.